The Morgan fingerprint density at radius 3 is 0.741 bits per heavy atom. The largest absolute Gasteiger partial charge is 0.462 e. The van der Waals surface area contributed by atoms with Crippen molar-refractivity contribution in [1.82, 2.24) is 0 Å². The summed E-state index contributed by atoms with van der Waals surface area (Å²) in [6, 6.07) is 0. The molecule has 6 nitrogen and oxygen atoms in total. The lowest BCUT2D eigenvalue weighted by molar-refractivity contribution is -0.167. The van der Waals surface area contributed by atoms with Crippen LogP contribution in [0.5, 0.6) is 0 Å². The molecule has 0 amide bonds. The first-order valence-electron chi connectivity index (χ1n) is 24.0. The van der Waals surface area contributed by atoms with Crippen LogP contribution in [0.25, 0.3) is 0 Å². The summed E-state index contributed by atoms with van der Waals surface area (Å²) < 4.78 is 16.7. The lowest BCUT2D eigenvalue weighted by atomic mass is 10.0. The Morgan fingerprint density at radius 2 is 0.500 bits per heavy atom. The van der Waals surface area contributed by atoms with Gasteiger partial charge in [-0.2, -0.15) is 0 Å². The zero-order chi connectivity index (χ0) is 39.4. The highest BCUT2D eigenvalue weighted by Crippen LogP contribution is 2.16. The van der Waals surface area contributed by atoms with E-state index >= 15 is 0 Å². The lowest BCUT2D eigenvalue weighted by Gasteiger charge is -2.18. The minimum absolute atomic E-state index is 0.0626. The molecule has 0 saturated heterocycles. The maximum atomic E-state index is 12.7. The molecule has 6 heteroatoms. The van der Waals surface area contributed by atoms with Gasteiger partial charge in [0.15, 0.2) is 6.10 Å². The van der Waals surface area contributed by atoms with Gasteiger partial charge < -0.3 is 14.2 Å². The Morgan fingerprint density at radius 1 is 0.296 bits per heavy atom. The molecule has 0 spiro atoms. The maximum absolute atomic E-state index is 12.7. The van der Waals surface area contributed by atoms with E-state index in [0.717, 1.165) is 57.8 Å². The van der Waals surface area contributed by atoms with Gasteiger partial charge in [0.25, 0.3) is 0 Å². The third-order valence-corrected chi connectivity index (χ3v) is 10.9. The van der Waals surface area contributed by atoms with Crippen LogP contribution >= 0.6 is 0 Å². The van der Waals surface area contributed by atoms with Crippen LogP contribution < -0.4 is 0 Å². The molecule has 0 aromatic heterocycles. The second-order valence-electron chi connectivity index (χ2n) is 16.4. The molecule has 0 saturated carbocycles. The molecule has 0 aliphatic rings. The maximum Gasteiger partial charge on any atom is 0.306 e. The third kappa shape index (κ3) is 41.6. The van der Waals surface area contributed by atoms with Crippen molar-refractivity contribution in [2.45, 2.75) is 277 Å². The van der Waals surface area contributed by atoms with E-state index in [-0.39, 0.29) is 31.1 Å². The van der Waals surface area contributed by atoms with Crippen LogP contribution in [0.1, 0.15) is 271 Å². The normalized spacial score (nSPS) is 11.8. The lowest BCUT2D eigenvalue weighted by Crippen LogP contribution is -2.30. The van der Waals surface area contributed by atoms with Crippen molar-refractivity contribution < 1.29 is 28.6 Å². The average Bonchev–Trinajstić information content (AvgIpc) is 3.17. The van der Waals surface area contributed by atoms with Gasteiger partial charge in [-0.1, -0.05) is 233 Å². The number of carbonyl (C=O) groups is 3. The van der Waals surface area contributed by atoms with Crippen molar-refractivity contribution in [3.05, 3.63) is 0 Å². The highest BCUT2D eigenvalue weighted by Gasteiger charge is 2.19. The van der Waals surface area contributed by atoms with Crippen molar-refractivity contribution in [1.29, 1.82) is 0 Å². The van der Waals surface area contributed by atoms with Gasteiger partial charge in [0.2, 0.25) is 0 Å². The monoisotopic (exact) mass is 765 g/mol. The van der Waals surface area contributed by atoms with Crippen molar-refractivity contribution >= 4 is 17.9 Å². The summed E-state index contributed by atoms with van der Waals surface area (Å²) in [5, 5.41) is 0. The summed E-state index contributed by atoms with van der Waals surface area (Å²) in [6.07, 6.45) is 45.1. The quantitative estimate of drug-likeness (QED) is 0.0349. The molecule has 0 unspecified atom stereocenters. The predicted molar refractivity (Wildman–Crippen MR) is 229 cm³/mol. The summed E-state index contributed by atoms with van der Waals surface area (Å²) in [6.45, 7) is 6.64. The SMILES string of the molecule is CCCCCCCCCCCCCCCCCCC(=O)O[C@@H](COC(=O)CCCCCCCCCCC)COC(=O)CCCCCCCCCCCCC. The Hall–Kier alpha value is -1.59. The highest BCUT2D eigenvalue weighted by molar-refractivity contribution is 5.71. The zero-order valence-electron chi connectivity index (χ0n) is 36.5. The van der Waals surface area contributed by atoms with Crippen LogP contribution in [0, 0.1) is 0 Å². The van der Waals surface area contributed by atoms with E-state index in [0.29, 0.717) is 19.3 Å². The van der Waals surface area contributed by atoms with Crippen molar-refractivity contribution in [3.63, 3.8) is 0 Å². The fourth-order valence-corrected chi connectivity index (χ4v) is 7.21. The van der Waals surface area contributed by atoms with Gasteiger partial charge in [-0.3, -0.25) is 14.4 Å². The molecule has 0 heterocycles. The van der Waals surface area contributed by atoms with Crippen molar-refractivity contribution in [2.75, 3.05) is 13.2 Å². The summed E-state index contributed by atoms with van der Waals surface area (Å²) in [7, 11) is 0. The molecule has 0 aromatic carbocycles. The number of hydrogen-bond donors (Lipinski definition) is 0. The molecule has 0 bridgehead atoms. The van der Waals surface area contributed by atoms with E-state index in [1.807, 2.05) is 0 Å². The van der Waals surface area contributed by atoms with Crippen molar-refractivity contribution in [2.24, 2.45) is 0 Å². The van der Waals surface area contributed by atoms with Gasteiger partial charge in [0.05, 0.1) is 0 Å². The molecular weight excluding hydrogens is 673 g/mol. The van der Waals surface area contributed by atoms with Gasteiger partial charge in [-0.05, 0) is 19.3 Å². The molecule has 0 aromatic rings. The summed E-state index contributed by atoms with van der Waals surface area (Å²) >= 11 is 0. The first kappa shape index (κ1) is 52.4. The van der Waals surface area contributed by atoms with Gasteiger partial charge in [0, 0.05) is 19.3 Å². The number of hydrogen-bond acceptors (Lipinski definition) is 6. The van der Waals surface area contributed by atoms with E-state index in [2.05, 4.69) is 20.8 Å². The Bertz CT molecular complexity index is 798. The van der Waals surface area contributed by atoms with E-state index in [4.69, 9.17) is 14.2 Å². The van der Waals surface area contributed by atoms with Gasteiger partial charge in [-0.25, -0.2) is 0 Å². The van der Waals surface area contributed by atoms with Crippen LogP contribution in [-0.4, -0.2) is 37.2 Å². The predicted octanol–water partition coefficient (Wildman–Crippen LogP) is 15.3. The minimum atomic E-state index is -0.757. The van der Waals surface area contributed by atoms with E-state index < -0.39 is 6.10 Å². The number of unbranched alkanes of at least 4 members (excludes halogenated alkanes) is 33. The van der Waals surface area contributed by atoms with Crippen LogP contribution in [0.15, 0.2) is 0 Å². The molecule has 0 aliphatic carbocycles. The second kappa shape index (κ2) is 44.1. The van der Waals surface area contributed by atoms with Crippen LogP contribution in [0.3, 0.4) is 0 Å². The minimum Gasteiger partial charge on any atom is -0.462 e. The molecular formula is C48H92O6. The topological polar surface area (TPSA) is 78.9 Å². The molecule has 0 fully saturated rings. The fourth-order valence-electron chi connectivity index (χ4n) is 7.21. The zero-order valence-corrected chi connectivity index (χ0v) is 36.5. The molecule has 0 aliphatic heterocycles. The van der Waals surface area contributed by atoms with Gasteiger partial charge >= 0.3 is 17.9 Å². The summed E-state index contributed by atoms with van der Waals surface area (Å²) in [5.74, 6) is -0.850. The average molecular weight is 765 g/mol. The molecule has 54 heavy (non-hydrogen) atoms. The summed E-state index contributed by atoms with van der Waals surface area (Å²) in [5.41, 5.74) is 0. The molecule has 0 radical (unpaired) electrons. The molecule has 1 atom stereocenters. The van der Waals surface area contributed by atoms with Crippen LogP contribution in [-0.2, 0) is 28.6 Å². The smallest absolute Gasteiger partial charge is 0.306 e. The van der Waals surface area contributed by atoms with E-state index in [1.54, 1.807) is 0 Å². The first-order chi connectivity index (χ1) is 26.5. The number of carbonyl (C=O) groups excluding carboxylic acids is 3. The van der Waals surface area contributed by atoms with Crippen LogP contribution in [0.2, 0.25) is 0 Å². The molecule has 0 N–H and O–H groups in total. The van der Waals surface area contributed by atoms with Gasteiger partial charge in [0.1, 0.15) is 13.2 Å². The Balaban J connectivity index is 4.27. The van der Waals surface area contributed by atoms with Crippen LogP contribution in [0.4, 0.5) is 0 Å². The second-order valence-corrected chi connectivity index (χ2v) is 16.4. The number of ether oxygens (including phenoxy) is 3. The summed E-state index contributed by atoms with van der Waals surface area (Å²) in [4.78, 5) is 37.7. The standard InChI is InChI=1S/C48H92O6/c1-4-7-10-13-16-19-21-22-23-24-25-27-30-33-36-39-42-48(51)54-45(43-52-46(49)40-37-34-31-28-18-15-12-9-6-3)44-53-47(50)41-38-35-32-29-26-20-17-14-11-8-5-2/h45H,4-44H2,1-3H3/t45-/m0/s1. The Kier molecular flexibility index (Phi) is 42.8. The highest BCUT2D eigenvalue weighted by atomic mass is 16.6. The number of rotatable bonds is 44. The fraction of sp³-hybridized carbons (Fsp3) is 0.938. The van der Waals surface area contributed by atoms with Gasteiger partial charge in [-0.15, -0.1) is 0 Å². The first-order valence-corrected chi connectivity index (χ1v) is 24.0. The Labute approximate surface area is 336 Å². The van der Waals surface area contributed by atoms with E-state index in [9.17, 15) is 14.4 Å². The molecule has 320 valence electrons. The number of esters is 3. The molecule has 0 rings (SSSR count). The van der Waals surface area contributed by atoms with Crippen molar-refractivity contribution in [3.8, 4) is 0 Å². The third-order valence-electron chi connectivity index (χ3n) is 10.9. The van der Waals surface area contributed by atoms with E-state index in [1.165, 1.54) is 173 Å².